The second kappa shape index (κ2) is 12.2. The molecule has 0 aliphatic heterocycles. The second-order valence-corrected chi connectivity index (χ2v) is 9.62. The van der Waals surface area contributed by atoms with Crippen molar-refractivity contribution in [2.45, 2.75) is 70.4 Å². The van der Waals surface area contributed by atoms with E-state index in [-0.39, 0.29) is 19.3 Å². The Balaban J connectivity index is 1.45. The van der Waals surface area contributed by atoms with E-state index >= 15 is 0 Å². The maximum atomic E-state index is 12.5. The fourth-order valence-corrected chi connectivity index (χ4v) is 5.50. The van der Waals surface area contributed by atoms with E-state index < -0.39 is 17.9 Å². The molecule has 5 nitrogen and oxygen atoms in total. The quantitative estimate of drug-likeness (QED) is 0.278. The van der Waals surface area contributed by atoms with Crippen LogP contribution in [0.1, 0.15) is 81.0 Å². The number of rotatable bonds is 9. The van der Waals surface area contributed by atoms with Crippen LogP contribution >= 0.6 is 0 Å². The van der Waals surface area contributed by atoms with Gasteiger partial charge in [-0.25, -0.2) is 0 Å². The highest BCUT2D eigenvalue weighted by atomic mass is 16.6. The molecule has 1 aliphatic rings. The van der Waals surface area contributed by atoms with Crippen LogP contribution in [-0.4, -0.2) is 31.2 Å². The summed E-state index contributed by atoms with van der Waals surface area (Å²) in [5.74, 6) is -1.73. The minimum absolute atomic E-state index is 0.223. The molecule has 0 aromatic heterocycles. The number of carbonyl (C=O) groups is 2. The molecule has 3 aromatic rings. The number of esters is 2. The van der Waals surface area contributed by atoms with Gasteiger partial charge in [0, 0.05) is 12.1 Å². The molecule has 1 saturated carbocycles. The summed E-state index contributed by atoms with van der Waals surface area (Å²) in [6.07, 6.45) is 4.53. The Labute approximate surface area is 214 Å². The normalized spacial score (nSPS) is 18.7. The molecule has 1 N–H and O–H groups in total. The van der Waals surface area contributed by atoms with Crippen molar-refractivity contribution in [1.82, 2.24) is 5.32 Å². The van der Waals surface area contributed by atoms with Gasteiger partial charge < -0.3 is 14.8 Å². The molecule has 5 heteroatoms. The van der Waals surface area contributed by atoms with Gasteiger partial charge in [0.15, 0.2) is 5.92 Å². The number of benzene rings is 3. The molecule has 4 rings (SSSR count). The molecule has 1 fully saturated rings. The van der Waals surface area contributed by atoms with Crippen LogP contribution in [0, 0.1) is 0 Å². The van der Waals surface area contributed by atoms with Crippen molar-refractivity contribution < 1.29 is 19.1 Å². The largest absolute Gasteiger partial charge is 0.465 e. The molecule has 36 heavy (non-hydrogen) atoms. The molecule has 0 spiro atoms. The summed E-state index contributed by atoms with van der Waals surface area (Å²) in [6, 6.07) is 23.7. The first-order chi connectivity index (χ1) is 17.5. The topological polar surface area (TPSA) is 64.6 Å². The Morgan fingerprint density at radius 3 is 2.25 bits per heavy atom. The van der Waals surface area contributed by atoms with Gasteiger partial charge in [-0.2, -0.15) is 0 Å². The van der Waals surface area contributed by atoms with Crippen LogP contribution in [0.3, 0.4) is 0 Å². The predicted octanol–water partition coefficient (Wildman–Crippen LogP) is 6.43. The van der Waals surface area contributed by atoms with Gasteiger partial charge in [-0.3, -0.25) is 9.59 Å². The zero-order valence-electron chi connectivity index (χ0n) is 21.5. The standard InChI is InChI=1S/C31H37NO4/c1-4-35-30(33)29(31(34)36-5-2)24-18-16-22(17-19-24)25-12-8-13-26(20-25)32-21(3)27-15-9-11-23-10-6-7-14-28(23)27/h6-7,9-11,14-19,21,25-26,29,32H,4-5,8,12-13,20H2,1-3H3/t21-,25+,26+/m1/s1. The molecular formula is C31H37NO4. The monoisotopic (exact) mass is 487 g/mol. The van der Waals surface area contributed by atoms with Gasteiger partial charge in [0.25, 0.3) is 0 Å². The van der Waals surface area contributed by atoms with Gasteiger partial charge in [-0.15, -0.1) is 0 Å². The van der Waals surface area contributed by atoms with E-state index in [1.165, 1.54) is 28.3 Å². The van der Waals surface area contributed by atoms with Crippen molar-refractivity contribution >= 4 is 22.7 Å². The molecule has 1 aliphatic carbocycles. The highest BCUT2D eigenvalue weighted by Gasteiger charge is 2.32. The SMILES string of the molecule is CCOC(=O)C(C(=O)OCC)c1ccc([C@H]2CCC[C@H](N[C@H](C)c3cccc4ccccc34)C2)cc1. The van der Waals surface area contributed by atoms with Crippen molar-refractivity contribution in [3.8, 4) is 0 Å². The average Bonchev–Trinajstić information content (AvgIpc) is 2.89. The summed E-state index contributed by atoms with van der Waals surface area (Å²) in [4.78, 5) is 24.9. The zero-order chi connectivity index (χ0) is 25.5. The molecule has 0 radical (unpaired) electrons. The number of nitrogens with one attached hydrogen (secondary N) is 1. The van der Waals surface area contributed by atoms with Crippen molar-refractivity contribution in [1.29, 1.82) is 0 Å². The van der Waals surface area contributed by atoms with E-state index in [0.717, 1.165) is 19.3 Å². The van der Waals surface area contributed by atoms with Crippen molar-refractivity contribution in [2.75, 3.05) is 13.2 Å². The minimum atomic E-state index is -1.04. The van der Waals surface area contributed by atoms with E-state index in [1.807, 2.05) is 12.1 Å². The highest BCUT2D eigenvalue weighted by molar-refractivity contribution is 6.00. The maximum absolute atomic E-state index is 12.5. The molecule has 0 bridgehead atoms. The van der Waals surface area contributed by atoms with E-state index in [9.17, 15) is 9.59 Å². The Morgan fingerprint density at radius 2 is 1.56 bits per heavy atom. The minimum Gasteiger partial charge on any atom is -0.465 e. The van der Waals surface area contributed by atoms with Crippen molar-refractivity contribution in [3.63, 3.8) is 0 Å². The molecule has 190 valence electrons. The number of ether oxygens (including phenoxy) is 2. The van der Waals surface area contributed by atoms with Crippen LogP contribution in [-0.2, 0) is 19.1 Å². The third-order valence-corrected chi connectivity index (χ3v) is 7.24. The van der Waals surface area contributed by atoms with Crippen molar-refractivity contribution in [3.05, 3.63) is 83.4 Å². The molecule has 0 amide bonds. The lowest BCUT2D eigenvalue weighted by molar-refractivity contribution is -0.156. The first-order valence-electron chi connectivity index (χ1n) is 13.2. The smallest absolute Gasteiger partial charge is 0.324 e. The van der Waals surface area contributed by atoms with E-state index in [0.29, 0.717) is 17.5 Å². The van der Waals surface area contributed by atoms with Gasteiger partial charge in [-0.1, -0.05) is 73.2 Å². The molecule has 0 saturated heterocycles. The van der Waals surface area contributed by atoms with Crippen LogP contribution < -0.4 is 5.32 Å². The summed E-state index contributed by atoms with van der Waals surface area (Å²) in [5.41, 5.74) is 3.20. The number of carbonyl (C=O) groups excluding carboxylic acids is 2. The molecule has 3 atom stereocenters. The third kappa shape index (κ3) is 5.96. The first-order valence-corrected chi connectivity index (χ1v) is 13.2. The van der Waals surface area contributed by atoms with Gasteiger partial charge in [-0.05, 0) is 73.4 Å². The zero-order valence-corrected chi connectivity index (χ0v) is 21.5. The number of hydrogen-bond acceptors (Lipinski definition) is 5. The summed E-state index contributed by atoms with van der Waals surface area (Å²) >= 11 is 0. The fraction of sp³-hybridized carbons (Fsp3) is 0.419. The van der Waals surface area contributed by atoms with Crippen LogP contribution in [0.5, 0.6) is 0 Å². The lowest BCUT2D eigenvalue weighted by Crippen LogP contribution is -2.35. The molecule has 3 aromatic carbocycles. The maximum Gasteiger partial charge on any atom is 0.324 e. The van der Waals surface area contributed by atoms with Crippen molar-refractivity contribution in [2.24, 2.45) is 0 Å². The summed E-state index contributed by atoms with van der Waals surface area (Å²) in [6.45, 7) is 6.17. The van der Waals surface area contributed by atoms with Gasteiger partial charge in [0.2, 0.25) is 0 Å². The van der Waals surface area contributed by atoms with Crippen LogP contribution in [0.4, 0.5) is 0 Å². The first kappa shape index (κ1) is 25.9. The van der Waals surface area contributed by atoms with Crippen LogP contribution in [0.15, 0.2) is 66.7 Å². The lowest BCUT2D eigenvalue weighted by Gasteiger charge is -2.33. The molecule has 0 heterocycles. The van der Waals surface area contributed by atoms with Gasteiger partial charge >= 0.3 is 11.9 Å². The molecule has 0 unspecified atom stereocenters. The Morgan fingerprint density at radius 1 is 0.889 bits per heavy atom. The van der Waals surface area contributed by atoms with Crippen LogP contribution in [0.25, 0.3) is 10.8 Å². The second-order valence-electron chi connectivity index (χ2n) is 9.62. The van der Waals surface area contributed by atoms with E-state index in [4.69, 9.17) is 9.47 Å². The average molecular weight is 488 g/mol. The van der Waals surface area contributed by atoms with E-state index in [2.05, 4.69) is 66.8 Å². The number of fused-ring (bicyclic) bond motifs is 1. The Hall–Kier alpha value is -3.18. The molecular weight excluding hydrogens is 450 g/mol. The summed E-state index contributed by atoms with van der Waals surface area (Å²) in [7, 11) is 0. The Kier molecular flexibility index (Phi) is 8.76. The lowest BCUT2D eigenvalue weighted by atomic mass is 9.80. The Bertz CT molecular complexity index is 1150. The predicted molar refractivity (Wildman–Crippen MR) is 143 cm³/mol. The fourth-order valence-electron chi connectivity index (χ4n) is 5.50. The van der Waals surface area contributed by atoms with Crippen LogP contribution in [0.2, 0.25) is 0 Å². The van der Waals surface area contributed by atoms with Gasteiger partial charge in [0.05, 0.1) is 13.2 Å². The third-order valence-electron chi connectivity index (χ3n) is 7.24. The van der Waals surface area contributed by atoms with Gasteiger partial charge in [0.1, 0.15) is 0 Å². The van der Waals surface area contributed by atoms with E-state index in [1.54, 1.807) is 13.8 Å². The summed E-state index contributed by atoms with van der Waals surface area (Å²) in [5, 5.41) is 6.47. The summed E-state index contributed by atoms with van der Waals surface area (Å²) < 4.78 is 10.3. The highest BCUT2D eigenvalue weighted by Crippen LogP contribution is 2.35. The number of hydrogen-bond donors (Lipinski definition) is 1.